The normalized spacial score (nSPS) is 10.4. The van der Waals surface area contributed by atoms with Gasteiger partial charge in [-0.15, -0.1) is 6.58 Å². The van der Waals surface area contributed by atoms with Gasteiger partial charge in [0, 0.05) is 19.3 Å². The van der Waals surface area contributed by atoms with Gasteiger partial charge in [0.05, 0.1) is 22.4 Å². The SMILES string of the molecule is C=CCN(CCO)c1ccc2ncccc2c1[N+](=O)[O-]. The highest BCUT2D eigenvalue weighted by Crippen LogP contribution is 2.34. The molecule has 0 radical (unpaired) electrons. The second-order valence-corrected chi connectivity index (χ2v) is 4.22. The number of aromatic nitrogens is 1. The number of pyridine rings is 1. The highest BCUT2D eigenvalue weighted by atomic mass is 16.6. The van der Waals surface area contributed by atoms with Gasteiger partial charge in [-0.1, -0.05) is 6.08 Å². The Morgan fingerprint density at radius 3 is 2.90 bits per heavy atom. The number of fused-ring (bicyclic) bond motifs is 1. The lowest BCUT2D eigenvalue weighted by Gasteiger charge is -2.22. The lowest BCUT2D eigenvalue weighted by molar-refractivity contribution is -0.382. The van der Waals surface area contributed by atoms with Crippen molar-refractivity contribution in [2.75, 3.05) is 24.6 Å². The molecule has 1 aromatic heterocycles. The number of aliphatic hydroxyl groups is 1. The number of anilines is 1. The van der Waals surface area contributed by atoms with E-state index < -0.39 is 4.92 Å². The molecule has 0 spiro atoms. The minimum Gasteiger partial charge on any atom is -0.395 e. The van der Waals surface area contributed by atoms with Crippen LogP contribution in [0.15, 0.2) is 43.1 Å². The molecule has 0 aliphatic rings. The van der Waals surface area contributed by atoms with E-state index in [1.54, 1.807) is 41.4 Å². The lowest BCUT2D eigenvalue weighted by Crippen LogP contribution is -2.27. The van der Waals surface area contributed by atoms with Crippen LogP contribution in [0, 0.1) is 10.1 Å². The van der Waals surface area contributed by atoms with Crippen LogP contribution in [0.25, 0.3) is 10.9 Å². The largest absolute Gasteiger partial charge is 0.395 e. The third-order valence-corrected chi connectivity index (χ3v) is 2.98. The highest BCUT2D eigenvalue weighted by molar-refractivity contribution is 5.94. The van der Waals surface area contributed by atoms with Crippen LogP contribution in [0.1, 0.15) is 0 Å². The summed E-state index contributed by atoms with van der Waals surface area (Å²) in [4.78, 5) is 16.8. The van der Waals surface area contributed by atoms with Crippen LogP contribution < -0.4 is 4.90 Å². The summed E-state index contributed by atoms with van der Waals surface area (Å²) >= 11 is 0. The van der Waals surface area contributed by atoms with E-state index in [1.807, 2.05) is 0 Å². The third-order valence-electron chi connectivity index (χ3n) is 2.98. The maximum Gasteiger partial charge on any atom is 0.301 e. The number of hydrogen-bond acceptors (Lipinski definition) is 5. The molecule has 0 fully saturated rings. The molecule has 0 atom stereocenters. The second kappa shape index (κ2) is 6.12. The molecule has 2 rings (SSSR count). The molecule has 0 aliphatic heterocycles. The van der Waals surface area contributed by atoms with Gasteiger partial charge < -0.3 is 10.0 Å². The van der Waals surface area contributed by atoms with Crippen LogP contribution in [-0.4, -0.2) is 34.7 Å². The van der Waals surface area contributed by atoms with Crippen LogP contribution in [0.2, 0.25) is 0 Å². The topological polar surface area (TPSA) is 79.5 Å². The standard InChI is InChI=1S/C14H15N3O3/c1-2-8-16(9-10-18)13-6-5-12-11(4-3-7-15-12)14(13)17(19)20/h2-7,18H,1,8-10H2. The zero-order valence-electron chi connectivity index (χ0n) is 10.9. The fraction of sp³-hybridized carbons (Fsp3) is 0.214. The molecule has 0 saturated heterocycles. The molecule has 20 heavy (non-hydrogen) atoms. The quantitative estimate of drug-likeness (QED) is 0.495. The van der Waals surface area contributed by atoms with Crippen molar-refractivity contribution in [3.63, 3.8) is 0 Å². The van der Waals surface area contributed by atoms with Gasteiger partial charge in [0.25, 0.3) is 0 Å². The summed E-state index contributed by atoms with van der Waals surface area (Å²) in [6, 6.07) is 6.75. The summed E-state index contributed by atoms with van der Waals surface area (Å²) < 4.78 is 0. The molecule has 6 heteroatoms. The Labute approximate surface area is 116 Å². The summed E-state index contributed by atoms with van der Waals surface area (Å²) in [5.41, 5.74) is 1.04. The Morgan fingerprint density at radius 2 is 2.25 bits per heavy atom. The molecule has 1 N–H and O–H groups in total. The van der Waals surface area contributed by atoms with E-state index in [-0.39, 0.29) is 12.3 Å². The molecule has 2 aromatic rings. The summed E-state index contributed by atoms with van der Waals surface area (Å²) in [6.07, 6.45) is 3.24. The van der Waals surface area contributed by atoms with Gasteiger partial charge in [0.15, 0.2) is 0 Å². The van der Waals surface area contributed by atoms with E-state index in [0.717, 1.165) is 0 Å². The molecule has 0 unspecified atom stereocenters. The first-order valence-corrected chi connectivity index (χ1v) is 6.18. The predicted octanol–water partition coefficient (Wildman–Crippen LogP) is 2.13. The van der Waals surface area contributed by atoms with E-state index in [0.29, 0.717) is 29.7 Å². The molecule has 0 aliphatic carbocycles. The second-order valence-electron chi connectivity index (χ2n) is 4.22. The molecule has 0 amide bonds. The minimum absolute atomic E-state index is 0.00546. The fourth-order valence-corrected chi connectivity index (χ4v) is 2.16. The zero-order valence-corrected chi connectivity index (χ0v) is 10.9. The van der Waals surface area contributed by atoms with E-state index in [2.05, 4.69) is 11.6 Å². The smallest absolute Gasteiger partial charge is 0.301 e. The van der Waals surface area contributed by atoms with Gasteiger partial charge in [0.2, 0.25) is 0 Å². The molecular weight excluding hydrogens is 258 g/mol. The van der Waals surface area contributed by atoms with Gasteiger partial charge in [-0.05, 0) is 24.3 Å². The maximum atomic E-state index is 11.4. The minimum atomic E-state index is -0.410. The van der Waals surface area contributed by atoms with Crippen LogP contribution in [0.4, 0.5) is 11.4 Å². The highest BCUT2D eigenvalue weighted by Gasteiger charge is 2.22. The average molecular weight is 273 g/mol. The first-order valence-electron chi connectivity index (χ1n) is 6.18. The molecule has 1 heterocycles. The predicted molar refractivity (Wildman–Crippen MR) is 77.9 cm³/mol. The number of hydrogen-bond donors (Lipinski definition) is 1. The number of nitro benzene ring substituents is 1. The monoisotopic (exact) mass is 273 g/mol. The van der Waals surface area contributed by atoms with Crippen LogP contribution in [0.3, 0.4) is 0 Å². The van der Waals surface area contributed by atoms with Crippen LogP contribution in [0.5, 0.6) is 0 Å². The number of aliphatic hydroxyl groups excluding tert-OH is 1. The lowest BCUT2D eigenvalue weighted by atomic mass is 10.1. The Bertz CT molecular complexity index is 643. The van der Waals surface area contributed by atoms with Gasteiger partial charge in [-0.25, -0.2) is 0 Å². The zero-order chi connectivity index (χ0) is 14.5. The Kier molecular flexibility index (Phi) is 4.27. The summed E-state index contributed by atoms with van der Waals surface area (Å²) in [5.74, 6) is 0. The first-order chi connectivity index (χ1) is 9.69. The molecule has 104 valence electrons. The summed E-state index contributed by atoms with van der Waals surface area (Å²) in [5, 5.41) is 21.0. The van der Waals surface area contributed by atoms with E-state index in [9.17, 15) is 10.1 Å². The van der Waals surface area contributed by atoms with Crippen molar-refractivity contribution in [3.05, 3.63) is 53.2 Å². The Balaban J connectivity index is 2.65. The van der Waals surface area contributed by atoms with Crippen LogP contribution >= 0.6 is 0 Å². The average Bonchev–Trinajstić information content (AvgIpc) is 2.45. The maximum absolute atomic E-state index is 11.4. The van der Waals surface area contributed by atoms with Crippen molar-refractivity contribution in [2.24, 2.45) is 0 Å². The molecule has 0 saturated carbocycles. The summed E-state index contributed by atoms with van der Waals surface area (Å²) in [7, 11) is 0. The van der Waals surface area contributed by atoms with Gasteiger partial charge in [-0.2, -0.15) is 0 Å². The van der Waals surface area contributed by atoms with Crippen molar-refractivity contribution in [1.29, 1.82) is 0 Å². The molecular formula is C14H15N3O3. The van der Waals surface area contributed by atoms with Crippen molar-refractivity contribution in [3.8, 4) is 0 Å². The van der Waals surface area contributed by atoms with E-state index >= 15 is 0 Å². The number of nitro groups is 1. The summed E-state index contributed by atoms with van der Waals surface area (Å²) in [6.45, 7) is 4.28. The third kappa shape index (κ3) is 2.60. The van der Waals surface area contributed by atoms with E-state index in [1.165, 1.54) is 0 Å². The van der Waals surface area contributed by atoms with Crippen LogP contribution in [-0.2, 0) is 0 Å². The van der Waals surface area contributed by atoms with Gasteiger partial charge in [-0.3, -0.25) is 15.1 Å². The van der Waals surface area contributed by atoms with E-state index in [4.69, 9.17) is 5.11 Å². The molecule has 1 aromatic carbocycles. The van der Waals surface area contributed by atoms with Crippen molar-refractivity contribution < 1.29 is 10.0 Å². The first kappa shape index (κ1) is 14.0. The van der Waals surface area contributed by atoms with Crippen molar-refractivity contribution in [2.45, 2.75) is 0 Å². The van der Waals surface area contributed by atoms with Crippen molar-refractivity contribution in [1.82, 2.24) is 4.98 Å². The number of benzene rings is 1. The van der Waals surface area contributed by atoms with Gasteiger partial charge >= 0.3 is 5.69 Å². The van der Waals surface area contributed by atoms with Gasteiger partial charge in [0.1, 0.15) is 5.69 Å². The molecule has 0 bridgehead atoms. The molecule has 6 nitrogen and oxygen atoms in total. The Hall–Kier alpha value is -2.47. The number of nitrogens with zero attached hydrogens (tertiary/aromatic N) is 3. The fourth-order valence-electron chi connectivity index (χ4n) is 2.16. The Morgan fingerprint density at radius 1 is 1.45 bits per heavy atom. The number of rotatable bonds is 6. The van der Waals surface area contributed by atoms with Crippen molar-refractivity contribution >= 4 is 22.3 Å².